The van der Waals surface area contributed by atoms with Gasteiger partial charge < -0.3 is 10.4 Å². The summed E-state index contributed by atoms with van der Waals surface area (Å²) in [5.41, 5.74) is 6.04. The van der Waals surface area contributed by atoms with Crippen molar-refractivity contribution in [2.24, 2.45) is 0 Å². The number of fused-ring (bicyclic) bond motifs is 4. The molecule has 2 aromatic carbocycles. The number of hydrogen-bond acceptors (Lipinski definition) is 2. The molecule has 2 heteroatoms. The van der Waals surface area contributed by atoms with Gasteiger partial charge in [-0.05, 0) is 66.4 Å². The van der Waals surface area contributed by atoms with Crippen molar-refractivity contribution in [1.82, 2.24) is 0 Å². The first kappa shape index (κ1) is 10.2. The van der Waals surface area contributed by atoms with Crippen molar-refractivity contribution < 1.29 is 5.11 Å². The lowest BCUT2D eigenvalue weighted by molar-refractivity contribution is 0.476. The van der Waals surface area contributed by atoms with Crippen LogP contribution in [0.25, 0.3) is 16.3 Å². The molecule has 1 aliphatic rings. The van der Waals surface area contributed by atoms with E-state index >= 15 is 0 Å². The molecule has 1 aliphatic heterocycles. The van der Waals surface area contributed by atoms with Crippen molar-refractivity contribution in [3.63, 3.8) is 0 Å². The summed E-state index contributed by atoms with van der Waals surface area (Å²) in [5.74, 6) is 0.324. The number of phenols is 1. The summed E-state index contributed by atoms with van der Waals surface area (Å²) < 4.78 is 0. The van der Waals surface area contributed by atoms with E-state index < -0.39 is 0 Å². The molecule has 0 unspecified atom stereocenters. The summed E-state index contributed by atoms with van der Waals surface area (Å²) in [7, 11) is 0. The van der Waals surface area contributed by atoms with Crippen LogP contribution in [0.15, 0.2) is 30.0 Å². The first-order chi connectivity index (χ1) is 8.08. The third kappa shape index (κ3) is 1.34. The van der Waals surface area contributed by atoms with Gasteiger partial charge in [-0.3, -0.25) is 0 Å². The molecule has 86 valence electrons. The Kier molecular flexibility index (Phi) is 1.96. The minimum atomic E-state index is 0.324. The smallest absolute Gasteiger partial charge is 0.116 e. The highest BCUT2D eigenvalue weighted by atomic mass is 16.3. The number of anilines is 1. The van der Waals surface area contributed by atoms with Crippen LogP contribution in [0.3, 0.4) is 0 Å². The predicted molar refractivity (Wildman–Crippen MR) is 72.2 cm³/mol. The van der Waals surface area contributed by atoms with Crippen molar-refractivity contribution >= 4 is 22.0 Å². The maximum Gasteiger partial charge on any atom is 0.116 e. The van der Waals surface area contributed by atoms with Gasteiger partial charge in [0, 0.05) is 11.4 Å². The molecule has 17 heavy (non-hydrogen) atoms. The maximum absolute atomic E-state index is 9.65. The van der Waals surface area contributed by atoms with Crippen LogP contribution in [-0.2, 0) is 0 Å². The van der Waals surface area contributed by atoms with Gasteiger partial charge in [0.25, 0.3) is 0 Å². The molecule has 0 aromatic heterocycles. The van der Waals surface area contributed by atoms with Crippen LogP contribution in [0.2, 0.25) is 0 Å². The fourth-order valence-electron chi connectivity index (χ4n) is 2.50. The Labute approximate surface area is 101 Å². The van der Waals surface area contributed by atoms with Gasteiger partial charge in [0.15, 0.2) is 0 Å². The number of nitrogens with one attached hydrogen (secondary N) is 1. The molecule has 0 fully saturated rings. The molecule has 0 radical (unpaired) electrons. The van der Waals surface area contributed by atoms with Crippen molar-refractivity contribution in [2.45, 2.75) is 20.8 Å². The zero-order valence-electron chi connectivity index (χ0n) is 10.3. The molecule has 0 atom stereocenters. The molecule has 0 saturated heterocycles. The molecule has 0 saturated carbocycles. The van der Waals surface area contributed by atoms with E-state index in [1.54, 1.807) is 6.07 Å². The Morgan fingerprint density at radius 1 is 1.00 bits per heavy atom. The van der Waals surface area contributed by atoms with Gasteiger partial charge in [0.2, 0.25) is 0 Å². The number of aryl methyl sites for hydroxylation is 1. The first-order valence-electron chi connectivity index (χ1n) is 5.79. The van der Waals surface area contributed by atoms with E-state index in [2.05, 4.69) is 32.2 Å². The average Bonchev–Trinajstić information content (AvgIpc) is 2.30. The minimum Gasteiger partial charge on any atom is -0.508 e. The lowest BCUT2D eigenvalue weighted by Gasteiger charge is -2.23. The van der Waals surface area contributed by atoms with Gasteiger partial charge in [-0.25, -0.2) is 0 Å². The van der Waals surface area contributed by atoms with Gasteiger partial charge in [-0.2, -0.15) is 0 Å². The van der Waals surface area contributed by atoms with Gasteiger partial charge >= 0.3 is 0 Å². The number of allylic oxidation sites excluding steroid dienone is 2. The van der Waals surface area contributed by atoms with Crippen LogP contribution < -0.4 is 5.32 Å². The Balaban J connectivity index is 2.50. The first-order valence-corrected chi connectivity index (χ1v) is 5.79. The third-order valence-electron chi connectivity index (χ3n) is 3.68. The lowest BCUT2D eigenvalue weighted by Crippen LogP contribution is -2.07. The van der Waals surface area contributed by atoms with E-state index in [-0.39, 0.29) is 0 Å². The lowest BCUT2D eigenvalue weighted by atomic mass is 9.91. The minimum absolute atomic E-state index is 0.324. The van der Waals surface area contributed by atoms with Gasteiger partial charge in [-0.15, -0.1) is 0 Å². The molecule has 2 bridgehead atoms. The van der Waals surface area contributed by atoms with Gasteiger partial charge in [-0.1, -0.05) is 6.07 Å². The topological polar surface area (TPSA) is 32.3 Å². The van der Waals surface area contributed by atoms with Crippen LogP contribution in [0.5, 0.6) is 5.75 Å². The zero-order chi connectivity index (χ0) is 12.2. The van der Waals surface area contributed by atoms with Crippen LogP contribution in [0, 0.1) is 6.92 Å². The molecule has 1 heterocycles. The second-order valence-electron chi connectivity index (χ2n) is 4.70. The highest BCUT2D eigenvalue weighted by Crippen LogP contribution is 2.39. The highest BCUT2D eigenvalue weighted by Gasteiger charge is 2.16. The quantitative estimate of drug-likeness (QED) is 0.709. The van der Waals surface area contributed by atoms with Crippen LogP contribution in [0.4, 0.5) is 5.69 Å². The molecule has 2 N–H and O–H groups in total. The number of phenolic OH excluding ortho intramolecular Hbond substituents is 1. The number of benzene rings is 2. The maximum atomic E-state index is 9.65. The van der Waals surface area contributed by atoms with Crippen LogP contribution in [-0.4, -0.2) is 5.11 Å². The van der Waals surface area contributed by atoms with Crippen molar-refractivity contribution in [3.8, 4) is 5.75 Å². The summed E-state index contributed by atoms with van der Waals surface area (Å²) >= 11 is 0. The summed E-state index contributed by atoms with van der Waals surface area (Å²) in [6.07, 6.45) is 0. The second kappa shape index (κ2) is 3.27. The third-order valence-corrected chi connectivity index (χ3v) is 3.68. The molecular formula is C15H15NO. The monoisotopic (exact) mass is 225 g/mol. The fraction of sp³-hybridized carbons (Fsp3) is 0.200. The van der Waals surface area contributed by atoms with Crippen LogP contribution >= 0.6 is 0 Å². The second-order valence-corrected chi connectivity index (χ2v) is 4.70. The van der Waals surface area contributed by atoms with Gasteiger partial charge in [0.1, 0.15) is 5.75 Å². The molecule has 0 aliphatic carbocycles. The Bertz CT molecular complexity index is 668. The summed E-state index contributed by atoms with van der Waals surface area (Å²) in [6.45, 7) is 6.31. The molecule has 0 amide bonds. The van der Waals surface area contributed by atoms with E-state index in [0.29, 0.717) is 5.75 Å². The standard InChI is InChI=1S/C15H15NO/c1-8-10(3)16-15-7-13(8)14-6-11(17)4-5-12(14)9(15)2/h4-7,16-17H,1-3H3. The van der Waals surface area contributed by atoms with Gasteiger partial charge in [0.05, 0.1) is 0 Å². The molecular weight excluding hydrogens is 210 g/mol. The number of rotatable bonds is 0. The summed E-state index contributed by atoms with van der Waals surface area (Å²) in [5, 5.41) is 15.4. The van der Waals surface area contributed by atoms with E-state index in [9.17, 15) is 5.11 Å². The van der Waals surface area contributed by atoms with Crippen LogP contribution in [0.1, 0.15) is 25.0 Å². The highest BCUT2D eigenvalue weighted by molar-refractivity contribution is 6.02. The average molecular weight is 225 g/mol. The Morgan fingerprint density at radius 3 is 2.53 bits per heavy atom. The molecule has 3 rings (SSSR count). The largest absolute Gasteiger partial charge is 0.508 e. The Morgan fingerprint density at radius 2 is 1.76 bits per heavy atom. The van der Waals surface area contributed by atoms with E-state index in [1.807, 2.05) is 12.1 Å². The van der Waals surface area contributed by atoms with E-state index in [1.165, 1.54) is 33.5 Å². The molecule has 2 aromatic rings. The van der Waals surface area contributed by atoms with Crippen molar-refractivity contribution in [1.29, 1.82) is 0 Å². The van der Waals surface area contributed by atoms with E-state index in [0.717, 1.165) is 5.39 Å². The number of aromatic hydroxyl groups is 1. The Hall–Kier alpha value is -1.96. The SMILES string of the molecule is CC1=C(C)c2cc(c(C)c3ccc(O)cc23)N1. The van der Waals surface area contributed by atoms with Crippen molar-refractivity contribution in [2.75, 3.05) is 5.32 Å². The van der Waals surface area contributed by atoms with E-state index in [4.69, 9.17) is 0 Å². The zero-order valence-corrected chi connectivity index (χ0v) is 10.3. The molecule has 0 spiro atoms. The van der Waals surface area contributed by atoms with Crippen molar-refractivity contribution in [3.05, 3.63) is 41.1 Å². The summed E-state index contributed by atoms with van der Waals surface area (Å²) in [6, 6.07) is 7.75. The normalized spacial score (nSPS) is 14.1. The number of hydrogen-bond donors (Lipinski definition) is 2. The predicted octanol–water partition coefficient (Wildman–Crippen LogP) is 4.03. The fourth-order valence-corrected chi connectivity index (χ4v) is 2.50. The molecule has 2 nitrogen and oxygen atoms in total. The summed E-state index contributed by atoms with van der Waals surface area (Å²) in [4.78, 5) is 0.